The van der Waals surface area contributed by atoms with Crippen molar-refractivity contribution in [3.8, 4) is 0 Å². The summed E-state index contributed by atoms with van der Waals surface area (Å²) in [5, 5.41) is 0. The van der Waals surface area contributed by atoms with Crippen LogP contribution < -0.4 is 0 Å². The van der Waals surface area contributed by atoms with Crippen LogP contribution in [0.3, 0.4) is 0 Å². The zero-order valence-electron chi connectivity index (χ0n) is 21.6. The van der Waals surface area contributed by atoms with Crippen LogP contribution in [0.4, 0.5) is 4.79 Å². The zero-order chi connectivity index (χ0) is 25.2. The summed E-state index contributed by atoms with van der Waals surface area (Å²) in [5.74, 6) is 0.607. The highest BCUT2D eigenvalue weighted by Crippen LogP contribution is 2.34. The first-order chi connectivity index (χ1) is 16.6. The van der Waals surface area contributed by atoms with Crippen LogP contribution in [0.25, 0.3) is 5.57 Å². The maximum atomic E-state index is 12.4. The Balaban J connectivity index is 1.47. The van der Waals surface area contributed by atoms with Crippen molar-refractivity contribution in [1.82, 2.24) is 4.90 Å². The number of nitrogens with zero attached hydrogens (tertiary/aromatic N) is 1. The number of ether oxygens (including phenoxy) is 2. The van der Waals surface area contributed by atoms with Gasteiger partial charge in [-0.15, -0.1) is 0 Å². The SMILES string of the molecule is COC(=O)c1ccc2c(c1)CCC(C)C=C2c1ccc(CC2CCN(C(=O)OC(C)(C)C)C2)cc1. The Labute approximate surface area is 209 Å². The van der Waals surface area contributed by atoms with Crippen molar-refractivity contribution in [2.45, 2.75) is 59.0 Å². The smallest absolute Gasteiger partial charge is 0.410 e. The lowest BCUT2D eigenvalue weighted by Gasteiger charge is -2.24. The predicted molar refractivity (Wildman–Crippen MR) is 138 cm³/mol. The third-order valence-corrected chi connectivity index (χ3v) is 6.86. The number of benzene rings is 2. The van der Waals surface area contributed by atoms with Crippen LogP contribution in [-0.4, -0.2) is 42.8 Å². The Morgan fingerprint density at radius 3 is 2.49 bits per heavy atom. The van der Waals surface area contributed by atoms with E-state index >= 15 is 0 Å². The van der Waals surface area contributed by atoms with E-state index in [4.69, 9.17) is 9.47 Å². The van der Waals surface area contributed by atoms with Gasteiger partial charge in [0.2, 0.25) is 0 Å². The van der Waals surface area contributed by atoms with Crippen LogP contribution in [0.1, 0.15) is 73.1 Å². The molecule has 4 rings (SSSR count). The summed E-state index contributed by atoms with van der Waals surface area (Å²) >= 11 is 0. The van der Waals surface area contributed by atoms with Crippen LogP contribution in [-0.2, 0) is 22.3 Å². The Hall–Kier alpha value is -3.08. The van der Waals surface area contributed by atoms with Gasteiger partial charge in [0, 0.05) is 13.1 Å². The van der Waals surface area contributed by atoms with Crippen molar-refractivity contribution in [1.29, 1.82) is 0 Å². The van der Waals surface area contributed by atoms with E-state index in [0.717, 1.165) is 38.8 Å². The van der Waals surface area contributed by atoms with Crippen molar-refractivity contribution >= 4 is 17.6 Å². The number of rotatable bonds is 4. The van der Waals surface area contributed by atoms with E-state index in [9.17, 15) is 9.59 Å². The van der Waals surface area contributed by atoms with Gasteiger partial charge in [-0.25, -0.2) is 9.59 Å². The molecular formula is C30H37NO4. The van der Waals surface area contributed by atoms with Crippen molar-refractivity contribution in [2.24, 2.45) is 11.8 Å². The number of allylic oxidation sites excluding steroid dienone is 1. The Kier molecular flexibility index (Phi) is 7.34. The molecule has 5 heteroatoms. The molecule has 0 spiro atoms. The predicted octanol–water partition coefficient (Wildman–Crippen LogP) is 6.29. The lowest BCUT2D eigenvalue weighted by atomic mass is 9.91. The van der Waals surface area contributed by atoms with Gasteiger partial charge in [0.1, 0.15) is 5.60 Å². The van der Waals surface area contributed by atoms with E-state index in [0.29, 0.717) is 17.4 Å². The minimum Gasteiger partial charge on any atom is -0.465 e. The maximum Gasteiger partial charge on any atom is 0.410 e. The Bertz CT molecular complexity index is 1110. The molecule has 186 valence electrons. The number of aryl methyl sites for hydroxylation is 1. The molecule has 2 unspecified atom stereocenters. The number of carbonyl (C=O) groups excluding carboxylic acids is 2. The van der Waals surface area contributed by atoms with Crippen LogP contribution in [0.2, 0.25) is 0 Å². The van der Waals surface area contributed by atoms with Crippen LogP contribution in [0.15, 0.2) is 48.5 Å². The second-order valence-corrected chi connectivity index (χ2v) is 10.9. The normalized spacial score (nSPS) is 20.0. The van der Waals surface area contributed by atoms with E-state index in [2.05, 4.69) is 43.3 Å². The first kappa shape index (κ1) is 25.0. The molecule has 0 N–H and O–H groups in total. The Morgan fingerprint density at radius 2 is 1.80 bits per heavy atom. The monoisotopic (exact) mass is 475 g/mol. The number of amides is 1. The molecule has 2 aromatic carbocycles. The van der Waals surface area contributed by atoms with Gasteiger partial charge in [0.15, 0.2) is 0 Å². The van der Waals surface area contributed by atoms with Gasteiger partial charge in [0.25, 0.3) is 0 Å². The molecule has 0 radical (unpaired) electrons. The molecule has 2 atom stereocenters. The summed E-state index contributed by atoms with van der Waals surface area (Å²) in [6, 6.07) is 14.7. The second-order valence-electron chi connectivity index (χ2n) is 10.9. The molecule has 1 fully saturated rings. The molecular weight excluding hydrogens is 438 g/mol. The maximum absolute atomic E-state index is 12.4. The van der Waals surface area contributed by atoms with Crippen LogP contribution in [0, 0.1) is 11.8 Å². The first-order valence-corrected chi connectivity index (χ1v) is 12.6. The minimum absolute atomic E-state index is 0.209. The molecule has 5 nitrogen and oxygen atoms in total. The number of hydrogen-bond acceptors (Lipinski definition) is 4. The van der Waals surface area contributed by atoms with Crippen LogP contribution >= 0.6 is 0 Å². The van der Waals surface area contributed by atoms with E-state index in [1.807, 2.05) is 37.8 Å². The third kappa shape index (κ3) is 6.14. The Morgan fingerprint density at radius 1 is 1.06 bits per heavy atom. The van der Waals surface area contributed by atoms with Crippen LogP contribution in [0.5, 0.6) is 0 Å². The van der Waals surface area contributed by atoms with Crippen molar-refractivity contribution in [3.05, 3.63) is 76.4 Å². The summed E-state index contributed by atoms with van der Waals surface area (Å²) in [7, 11) is 1.42. The highest BCUT2D eigenvalue weighted by molar-refractivity contribution is 5.91. The van der Waals surface area contributed by atoms with Gasteiger partial charge in [-0.05, 0) is 98.2 Å². The average Bonchev–Trinajstić information content (AvgIpc) is 3.22. The number of likely N-dealkylation sites (tertiary alicyclic amines) is 1. The van der Waals surface area contributed by atoms with Gasteiger partial charge in [0.05, 0.1) is 12.7 Å². The number of carbonyl (C=O) groups is 2. The van der Waals surface area contributed by atoms with E-state index in [1.54, 1.807) is 0 Å². The highest BCUT2D eigenvalue weighted by atomic mass is 16.6. The summed E-state index contributed by atoms with van der Waals surface area (Å²) < 4.78 is 10.5. The lowest BCUT2D eigenvalue weighted by Crippen LogP contribution is -2.35. The topological polar surface area (TPSA) is 55.8 Å². The van der Waals surface area contributed by atoms with Crippen molar-refractivity contribution in [2.75, 3.05) is 20.2 Å². The molecule has 1 amide bonds. The average molecular weight is 476 g/mol. The fraction of sp³-hybridized carbons (Fsp3) is 0.467. The highest BCUT2D eigenvalue weighted by Gasteiger charge is 2.29. The fourth-order valence-electron chi connectivity index (χ4n) is 5.05. The number of esters is 1. The van der Waals surface area contributed by atoms with Gasteiger partial charge in [-0.3, -0.25) is 0 Å². The van der Waals surface area contributed by atoms with Gasteiger partial charge in [-0.1, -0.05) is 43.3 Å². The molecule has 2 aliphatic rings. The van der Waals surface area contributed by atoms with E-state index < -0.39 is 5.60 Å². The first-order valence-electron chi connectivity index (χ1n) is 12.6. The summed E-state index contributed by atoms with van der Waals surface area (Å²) in [4.78, 5) is 26.2. The van der Waals surface area contributed by atoms with Gasteiger partial charge in [-0.2, -0.15) is 0 Å². The molecule has 1 aliphatic heterocycles. The summed E-state index contributed by atoms with van der Waals surface area (Å²) in [5.41, 5.74) is 6.23. The summed E-state index contributed by atoms with van der Waals surface area (Å²) in [6.07, 6.45) is 6.09. The molecule has 0 aromatic heterocycles. The standard InChI is InChI=1S/C30H37NO4/c1-20-6-9-24-18-25(28(32)34-5)12-13-26(24)27(16-20)23-10-7-21(8-11-23)17-22-14-15-31(19-22)29(33)35-30(2,3)4/h7-8,10-13,16,18,20,22H,6,9,14-15,17,19H2,1-5H3. The van der Waals surface area contributed by atoms with Gasteiger partial charge < -0.3 is 14.4 Å². The van der Waals surface area contributed by atoms with Crippen molar-refractivity contribution < 1.29 is 19.1 Å². The molecule has 1 heterocycles. The zero-order valence-corrected chi connectivity index (χ0v) is 21.6. The minimum atomic E-state index is -0.464. The van der Waals surface area contributed by atoms with Gasteiger partial charge >= 0.3 is 12.1 Å². The lowest BCUT2D eigenvalue weighted by molar-refractivity contribution is 0.0288. The third-order valence-electron chi connectivity index (χ3n) is 6.86. The quantitative estimate of drug-likeness (QED) is 0.488. The largest absolute Gasteiger partial charge is 0.465 e. The summed E-state index contributed by atoms with van der Waals surface area (Å²) in [6.45, 7) is 9.46. The molecule has 1 saturated heterocycles. The van der Waals surface area contributed by atoms with Crippen molar-refractivity contribution in [3.63, 3.8) is 0 Å². The molecule has 1 aliphatic carbocycles. The second kappa shape index (κ2) is 10.3. The number of fused-ring (bicyclic) bond motifs is 1. The molecule has 35 heavy (non-hydrogen) atoms. The van der Waals surface area contributed by atoms with E-state index in [-0.39, 0.29) is 12.1 Å². The molecule has 2 aromatic rings. The molecule has 0 bridgehead atoms. The molecule has 0 saturated carbocycles. The number of methoxy groups -OCH3 is 1. The fourth-order valence-corrected chi connectivity index (χ4v) is 5.05. The van der Waals surface area contributed by atoms with E-state index in [1.165, 1.54) is 34.9 Å². The number of hydrogen-bond donors (Lipinski definition) is 0.